The predicted molar refractivity (Wildman–Crippen MR) is 81.4 cm³/mol. The number of imidazole rings is 1. The maximum absolute atomic E-state index is 12.5. The molecule has 1 aromatic heterocycles. The molecular formula is C17H16N2O. The lowest BCUT2D eigenvalue weighted by Crippen LogP contribution is -2.12. The number of carbonyl (C=O) groups is 1. The molecular weight excluding hydrogens is 248 g/mol. The first-order valence-corrected chi connectivity index (χ1v) is 6.36. The van der Waals surface area contributed by atoms with Gasteiger partial charge in [0.25, 0.3) is 5.91 Å². The number of rotatable bonds is 4. The first-order valence-electron chi connectivity index (χ1n) is 6.36. The van der Waals surface area contributed by atoms with Crippen LogP contribution < -0.4 is 0 Å². The van der Waals surface area contributed by atoms with E-state index >= 15 is 0 Å². The summed E-state index contributed by atoms with van der Waals surface area (Å²) in [5, 5.41) is 0. The van der Waals surface area contributed by atoms with E-state index in [1.54, 1.807) is 35.2 Å². The van der Waals surface area contributed by atoms with Crippen LogP contribution in [0.15, 0.2) is 79.2 Å². The summed E-state index contributed by atoms with van der Waals surface area (Å²) < 4.78 is 1.55. The van der Waals surface area contributed by atoms with Gasteiger partial charge in [0.2, 0.25) is 0 Å². The quantitative estimate of drug-likeness (QED) is 0.620. The van der Waals surface area contributed by atoms with E-state index in [4.69, 9.17) is 0 Å². The molecule has 0 amide bonds. The van der Waals surface area contributed by atoms with Crippen LogP contribution in [0, 0.1) is 0 Å². The Hall–Kier alpha value is -2.68. The number of hydrogen-bond acceptors (Lipinski definition) is 2. The Morgan fingerprint density at radius 2 is 2.05 bits per heavy atom. The third-order valence-corrected chi connectivity index (χ3v) is 2.78. The molecule has 0 aliphatic rings. The number of allylic oxidation sites excluding steroid dienone is 5. The van der Waals surface area contributed by atoms with E-state index < -0.39 is 0 Å². The Labute approximate surface area is 118 Å². The van der Waals surface area contributed by atoms with E-state index in [2.05, 4.69) is 11.6 Å². The number of nitrogens with zero attached hydrogens (tertiary/aromatic N) is 2. The van der Waals surface area contributed by atoms with E-state index in [0.717, 1.165) is 5.56 Å². The summed E-state index contributed by atoms with van der Waals surface area (Å²) in [5.41, 5.74) is 1.47. The molecule has 0 unspecified atom stereocenters. The van der Waals surface area contributed by atoms with Crippen LogP contribution in [-0.2, 0) is 0 Å². The van der Waals surface area contributed by atoms with E-state index in [1.165, 1.54) is 0 Å². The molecule has 0 atom stereocenters. The second-order valence-electron chi connectivity index (χ2n) is 4.15. The topological polar surface area (TPSA) is 34.9 Å². The normalized spacial score (nSPS) is 11.8. The summed E-state index contributed by atoms with van der Waals surface area (Å²) in [6, 6.07) is 9.63. The van der Waals surface area contributed by atoms with Gasteiger partial charge in [-0.15, -0.1) is 0 Å². The van der Waals surface area contributed by atoms with Crippen molar-refractivity contribution in [3.8, 4) is 11.4 Å². The maximum Gasteiger partial charge on any atom is 0.263 e. The highest BCUT2D eigenvalue weighted by Crippen LogP contribution is 2.18. The van der Waals surface area contributed by atoms with Crippen molar-refractivity contribution in [2.24, 2.45) is 0 Å². The van der Waals surface area contributed by atoms with Crippen molar-refractivity contribution in [3.63, 3.8) is 0 Å². The van der Waals surface area contributed by atoms with Crippen LogP contribution in [0.2, 0.25) is 0 Å². The van der Waals surface area contributed by atoms with Crippen LogP contribution in [0.4, 0.5) is 0 Å². The average molecular weight is 264 g/mol. The van der Waals surface area contributed by atoms with Gasteiger partial charge in [0.1, 0.15) is 5.82 Å². The second kappa shape index (κ2) is 6.48. The van der Waals surface area contributed by atoms with Gasteiger partial charge in [0.05, 0.1) is 0 Å². The summed E-state index contributed by atoms with van der Waals surface area (Å²) in [4.78, 5) is 16.8. The Kier molecular flexibility index (Phi) is 4.45. The van der Waals surface area contributed by atoms with Gasteiger partial charge >= 0.3 is 0 Å². The zero-order valence-electron chi connectivity index (χ0n) is 11.4. The van der Waals surface area contributed by atoms with Gasteiger partial charge < -0.3 is 0 Å². The van der Waals surface area contributed by atoms with Crippen molar-refractivity contribution in [1.29, 1.82) is 0 Å². The fourth-order valence-electron chi connectivity index (χ4n) is 1.91. The molecule has 0 radical (unpaired) electrons. The molecule has 3 nitrogen and oxygen atoms in total. The molecule has 3 heteroatoms. The highest BCUT2D eigenvalue weighted by molar-refractivity contribution is 6.00. The van der Waals surface area contributed by atoms with Crippen LogP contribution in [-0.4, -0.2) is 15.5 Å². The third kappa shape index (κ3) is 2.83. The lowest BCUT2D eigenvalue weighted by atomic mass is 10.2. The molecule has 100 valence electrons. The molecule has 0 saturated heterocycles. The van der Waals surface area contributed by atoms with Gasteiger partial charge in [-0.3, -0.25) is 9.36 Å². The molecule has 20 heavy (non-hydrogen) atoms. The van der Waals surface area contributed by atoms with E-state index in [0.29, 0.717) is 11.4 Å². The molecule has 0 spiro atoms. The van der Waals surface area contributed by atoms with Gasteiger partial charge in [0.15, 0.2) is 0 Å². The average Bonchev–Trinajstić information content (AvgIpc) is 2.96. The van der Waals surface area contributed by atoms with E-state index in [9.17, 15) is 4.79 Å². The second-order valence-corrected chi connectivity index (χ2v) is 4.15. The lowest BCUT2D eigenvalue weighted by Gasteiger charge is -2.07. The molecule has 2 rings (SSSR count). The zero-order valence-corrected chi connectivity index (χ0v) is 11.4. The van der Waals surface area contributed by atoms with Crippen LogP contribution in [0.3, 0.4) is 0 Å². The predicted octanol–water partition coefficient (Wildman–Crippen LogP) is 3.88. The van der Waals surface area contributed by atoms with Gasteiger partial charge in [-0.25, -0.2) is 4.98 Å². The standard InChI is InChI=1S/C17H16N2O/c1-3-8-15(9-4-2)17(20)19-13-12-18-16(19)14-10-6-5-7-11-14/h3-13H,1H2,2H3/b9-4-,15-8+. The SMILES string of the molecule is C=C/C=C(\C=C/C)C(=O)n1ccnc1-c1ccccc1. The molecule has 0 aliphatic heterocycles. The summed E-state index contributed by atoms with van der Waals surface area (Å²) in [6.07, 6.45) is 10.2. The van der Waals surface area contributed by atoms with E-state index in [1.807, 2.05) is 43.3 Å². The third-order valence-electron chi connectivity index (χ3n) is 2.78. The van der Waals surface area contributed by atoms with E-state index in [-0.39, 0.29) is 5.91 Å². The molecule has 0 N–H and O–H groups in total. The van der Waals surface area contributed by atoms with Gasteiger partial charge in [-0.2, -0.15) is 0 Å². The number of aromatic nitrogens is 2. The Morgan fingerprint density at radius 1 is 1.30 bits per heavy atom. The first kappa shape index (κ1) is 13.7. The largest absolute Gasteiger partial charge is 0.268 e. The Bertz CT molecular complexity index is 663. The number of carbonyl (C=O) groups excluding carboxylic acids is 1. The molecule has 0 fully saturated rings. The molecule has 0 aliphatic carbocycles. The van der Waals surface area contributed by atoms with Crippen molar-refractivity contribution in [2.75, 3.05) is 0 Å². The summed E-state index contributed by atoms with van der Waals surface area (Å²) in [6.45, 7) is 5.51. The monoisotopic (exact) mass is 264 g/mol. The van der Waals surface area contributed by atoms with Crippen molar-refractivity contribution >= 4 is 5.91 Å². The summed E-state index contributed by atoms with van der Waals surface area (Å²) >= 11 is 0. The highest BCUT2D eigenvalue weighted by atomic mass is 16.2. The van der Waals surface area contributed by atoms with Gasteiger partial charge in [-0.1, -0.05) is 61.2 Å². The fourth-order valence-corrected chi connectivity index (χ4v) is 1.91. The number of hydrogen-bond donors (Lipinski definition) is 0. The highest BCUT2D eigenvalue weighted by Gasteiger charge is 2.14. The molecule has 1 heterocycles. The molecule has 0 saturated carbocycles. The zero-order chi connectivity index (χ0) is 14.4. The summed E-state index contributed by atoms with van der Waals surface area (Å²) in [5.74, 6) is 0.509. The van der Waals surface area contributed by atoms with Crippen LogP contribution in [0.1, 0.15) is 11.7 Å². The first-order chi connectivity index (χ1) is 9.77. The minimum atomic E-state index is -0.126. The minimum Gasteiger partial charge on any atom is -0.268 e. The van der Waals surface area contributed by atoms with Crippen molar-refractivity contribution in [1.82, 2.24) is 9.55 Å². The molecule has 0 bridgehead atoms. The van der Waals surface area contributed by atoms with Crippen LogP contribution in [0.5, 0.6) is 0 Å². The number of benzene rings is 1. The van der Waals surface area contributed by atoms with Gasteiger partial charge in [-0.05, 0) is 6.92 Å². The Morgan fingerprint density at radius 3 is 2.70 bits per heavy atom. The Balaban J connectivity index is 2.45. The molecule has 1 aromatic carbocycles. The maximum atomic E-state index is 12.5. The minimum absolute atomic E-state index is 0.126. The van der Waals surface area contributed by atoms with Gasteiger partial charge in [0, 0.05) is 23.5 Å². The van der Waals surface area contributed by atoms with Crippen LogP contribution >= 0.6 is 0 Å². The smallest absolute Gasteiger partial charge is 0.263 e. The summed E-state index contributed by atoms with van der Waals surface area (Å²) in [7, 11) is 0. The molecule has 2 aromatic rings. The van der Waals surface area contributed by atoms with Crippen molar-refractivity contribution in [3.05, 3.63) is 79.2 Å². The van der Waals surface area contributed by atoms with Crippen LogP contribution in [0.25, 0.3) is 11.4 Å². The lowest BCUT2D eigenvalue weighted by molar-refractivity contribution is 0.0961. The van der Waals surface area contributed by atoms with Crippen molar-refractivity contribution in [2.45, 2.75) is 6.92 Å². The fraction of sp³-hybridized carbons (Fsp3) is 0.0588. The van der Waals surface area contributed by atoms with Crippen molar-refractivity contribution < 1.29 is 4.79 Å².